The maximum atomic E-state index is 10.9. The van der Waals surface area contributed by atoms with Crippen LogP contribution in [0.3, 0.4) is 0 Å². The van der Waals surface area contributed by atoms with Crippen molar-refractivity contribution in [2.75, 3.05) is 11.9 Å². The predicted octanol–water partition coefficient (Wildman–Crippen LogP) is 2.40. The average molecular weight is 274 g/mol. The van der Waals surface area contributed by atoms with E-state index in [0.717, 1.165) is 0 Å². The van der Waals surface area contributed by atoms with Crippen LogP contribution in [0.5, 0.6) is 5.88 Å². The number of nitrogens with zero attached hydrogens (tertiary/aromatic N) is 3. The normalized spacial score (nSPS) is 10.1. The Morgan fingerprint density at radius 1 is 1.35 bits per heavy atom. The van der Waals surface area contributed by atoms with Gasteiger partial charge < -0.3 is 10.1 Å². The molecule has 20 heavy (non-hydrogen) atoms. The van der Waals surface area contributed by atoms with Crippen LogP contribution in [0.4, 0.5) is 11.5 Å². The predicted molar refractivity (Wildman–Crippen MR) is 73.6 cm³/mol. The summed E-state index contributed by atoms with van der Waals surface area (Å²) in [5, 5.41) is 13.9. The largest absolute Gasteiger partial charge is 0.478 e. The summed E-state index contributed by atoms with van der Waals surface area (Å²) in [6.07, 6.45) is 1.38. The lowest BCUT2D eigenvalue weighted by Gasteiger charge is -2.07. The Kier molecular flexibility index (Phi) is 4.43. The maximum Gasteiger partial charge on any atom is 0.274 e. The van der Waals surface area contributed by atoms with Crippen LogP contribution < -0.4 is 10.1 Å². The summed E-state index contributed by atoms with van der Waals surface area (Å²) >= 11 is 0. The summed E-state index contributed by atoms with van der Waals surface area (Å²) in [5.41, 5.74) is 0.674. The third-order valence-electron chi connectivity index (χ3n) is 2.58. The highest BCUT2D eigenvalue weighted by Crippen LogP contribution is 2.19. The number of hydrogen-bond acceptors (Lipinski definition) is 6. The molecule has 0 saturated heterocycles. The third kappa shape index (κ3) is 3.41. The topological polar surface area (TPSA) is 90.2 Å². The number of hydrogen-bond donors (Lipinski definition) is 1. The molecular weight excluding hydrogens is 260 g/mol. The number of anilines is 1. The van der Waals surface area contributed by atoms with Crippen molar-refractivity contribution in [1.29, 1.82) is 0 Å². The van der Waals surface area contributed by atoms with Crippen LogP contribution in [-0.2, 0) is 6.54 Å². The average Bonchev–Trinajstić information content (AvgIpc) is 2.46. The maximum absolute atomic E-state index is 10.9. The van der Waals surface area contributed by atoms with Gasteiger partial charge in [-0.3, -0.25) is 10.1 Å². The molecule has 0 unspecified atom stereocenters. The summed E-state index contributed by atoms with van der Waals surface area (Å²) < 4.78 is 5.26. The highest BCUT2D eigenvalue weighted by Gasteiger charge is 2.11. The molecule has 0 fully saturated rings. The second-order valence-electron chi connectivity index (χ2n) is 3.91. The number of rotatable bonds is 6. The molecule has 1 aromatic carbocycles. The van der Waals surface area contributed by atoms with E-state index in [1.54, 1.807) is 24.3 Å². The highest BCUT2D eigenvalue weighted by molar-refractivity contribution is 5.44. The van der Waals surface area contributed by atoms with Crippen LogP contribution in [0.2, 0.25) is 0 Å². The molecule has 0 aliphatic heterocycles. The second kappa shape index (κ2) is 6.46. The van der Waals surface area contributed by atoms with Crippen molar-refractivity contribution in [3.05, 3.63) is 52.3 Å². The summed E-state index contributed by atoms with van der Waals surface area (Å²) in [6, 6.07) is 8.23. The molecule has 0 aliphatic carbocycles. The van der Waals surface area contributed by atoms with E-state index in [-0.39, 0.29) is 5.69 Å². The van der Waals surface area contributed by atoms with Crippen LogP contribution >= 0.6 is 0 Å². The van der Waals surface area contributed by atoms with Crippen LogP contribution in [0, 0.1) is 10.1 Å². The van der Waals surface area contributed by atoms with Crippen LogP contribution in [-0.4, -0.2) is 21.5 Å². The zero-order chi connectivity index (χ0) is 14.4. The molecule has 0 atom stereocenters. The molecule has 1 N–H and O–H groups in total. The van der Waals surface area contributed by atoms with E-state index in [1.165, 1.54) is 12.4 Å². The number of nitro benzene ring substituents is 1. The van der Waals surface area contributed by atoms with Gasteiger partial charge in [0, 0.05) is 24.2 Å². The van der Waals surface area contributed by atoms with Crippen LogP contribution in [0.25, 0.3) is 0 Å². The first-order chi connectivity index (χ1) is 9.70. The number of para-hydroxylation sites is 1. The van der Waals surface area contributed by atoms with Gasteiger partial charge in [0.1, 0.15) is 12.1 Å². The van der Waals surface area contributed by atoms with Gasteiger partial charge in [-0.05, 0) is 6.92 Å². The first-order valence-corrected chi connectivity index (χ1v) is 6.11. The number of ether oxygens (including phenoxy) is 1. The van der Waals surface area contributed by atoms with Gasteiger partial charge in [-0.1, -0.05) is 18.2 Å². The Labute approximate surface area is 115 Å². The van der Waals surface area contributed by atoms with Gasteiger partial charge in [-0.2, -0.15) is 0 Å². The Morgan fingerprint density at radius 2 is 2.15 bits per heavy atom. The van der Waals surface area contributed by atoms with E-state index in [0.29, 0.717) is 30.4 Å². The monoisotopic (exact) mass is 274 g/mol. The lowest BCUT2D eigenvalue weighted by molar-refractivity contribution is -0.385. The molecular formula is C13H14N4O3. The third-order valence-corrected chi connectivity index (χ3v) is 2.58. The summed E-state index contributed by atoms with van der Waals surface area (Å²) in [4.78, 5) is 18.5. The molecule has 0 radical (unpaired) electrons. The van der Waals surface area contributed by atoms with Gasteiger partial charge in [0.2, 0.25) is 5.88 Å². The van der Waals surface area contributed by atoms with Crippen LogP contribution in [0.15, 0.2) is 36.7 Å². The van der Waals surface area contributed by atoms with Crippen LogP contribution in [0.1, 0.15) is 12.5 Å². The summed E-state index contributed by atoms with van der Waals surface area (Å²) in [7, 11) is 0. The Morgan fingerprint density at radius 3 is 2.90 bits per heavy atom. The lowest BCUT2D eigenvalue weighted by Crippen LogP contribution is -2.05. The molecule has 7 nitrogen and oxygen atoms in total. The van der Waals surface area contributed by atoms with Crippen molar-refractivity contribution in [2.45, 2.75) is 13.5 Å². The molecule has 1 heterocycles. The second-order valence-corrected chi connectivity index (χ2v) is 3.91. The van der Waals surface area contributed by atoms with E-state index in [4.69, 9.17) is 4.74 Å². The zero-order valence-electron chi connectivity index (χ0n) is 10.9. The molecule has 0 aliphatic rings. The fourth-order valence-corrected chi connectivity index (χ4v) is 1.69. The van der Waals surface area contributed by atoms with E-state index >= 15 is 0 Å². The fraction of sp³-hybridized carbons (Fsp3) is 0.231. The van der Waals surface area contributed by atoms with E-state index in [9.17, 15) is 10.1 Å². The van der Waals surface area contributed by atoms with Crippen molar-refractivity contribution in [3.8, 4) is 5.88 Å². The van der Waals surface area contributed by atoms with E-state index in [2.05, 4.69) is 15.3 Å². The summed E-state index contributed by atoms with van der Waals surface area (Å²) in [5.74, 6) is 1.02. The molecule has 104 valence electrons. The van der Waals surface area contributed by atoms with Gasteiger partial charge in [-0.25, -0.2) is 9.97 Å². The highest BCUT2D eigenvalue weighted by atomic mass is 16.6. The SMILES string of the molecule is CCOc1cc(NCc2ccccc2[N+](=O)[O-])ncn1. The Hall–Kier alpha value is -2.70. The zero-order valence-corrected chi connectivity index (χ0v) is 10.9. The number of aromatic nitrogens is 2. The fourth-order valence-electron chi connectivity index (χ4n) is 1.69. The van der Waals surface area contributed by atoms with Crippen molar-refractivity contribution >= 4 is 11.5 Å². The molecule has 0 saturated carbocycles. The molecule has 0 amide bonds. The minimum Gasteiger partial charge on any atom is -0.478 e. The molecule has 2 aromatic rings. The van der Waals surface area contributed by atoms with Gasteiger partial charge in [0.05, 0.1) is 11.5 Å². The first kappa shape index (κ1) is 13.7. The Balaban J connectivity index is 2.09. The van der Waals surface area contributed by atoms with Gasteiger partial charge in [0.15, 0.2) is 0 Å². The summed E-state index contributed by atoms with van der Waals surface area (Å²) in [6.45, 7) is 2.68. The molecule has 0 spiro atoms. The standard InChI is InChI=1S/C13H14N4O3/c1-2-20-13-7-12(15-9-16-13)14-8-10-5-3-4-6-11(10)17(18)19/h3-7,9H,2,8H2,1H3,(H,14,15,16). The quantitative estimate of drug-likeness (QED) is 0.642. The number of benzene rings is 1. The minimum atomic E-state index is -0.400. The molecule has 2 rings (SSSR count). The Bertz CT molecular complexity index is 604. The minimum absolute atomic E-state index is 0.0825. The smallest absolute Gasteiger partial charge is 0.274 e. The van der Waals surface area contributed by atoms with Gasteiger partial charge >= 0.3 is 0 Å². The molecule has 7 heteroatoms. The van der Waals surface area contributed by atoms with E-state index in [1.807, 2.05) is 6.92 Å². The van der Waals surface area contributed by atoms with Crippen molar-refractivity contribution in [1.82, 2.24) is 9.97 Å². The van der Waals surface area contributed by atoms with Crippen molar-refractivity contribution in [2.24, 2.45) is 0 Å². The number of nitro groups is 1. The van der Waals surface area contributed by atoms with Crippen molar-refractivity contribution < 1.29 is 9.66 Å². The van der Waals surface area contributed by atoms with Crippen molar-refractivity contribution in [3.63, 3.8) is 0 Å². The van der Waals surface area contributed by atoms with E-state index < -0.39 is 4.92 Å². The van der Waals surface area contributed by atoms with Gasteiger partial charge in [0.25, 0.3) is 5.69 Å². The first-order valence-electron chi connectivity index (χ1n) is 6.11. The lowest BCUT2D eigenvalue weighted by atomic mass is 10.2. The number of nitrogens with one attached hydrogen (secondary N) is 1. The van der Waals surface area contributed by atoms with Gasteiger partial charge in [-0.15, -0.1) is 0 Å². The molecule has 1 aromatic heterocycles. The molecule has 0 bridgehead atoms.